The van der Waals surface area contributed by atoms with Crippen molar-refractivity contribution < 1.29 is 4.39 Å². The lowest BCUT2D eigenvalue weighted by atomic mass is 9.96. The Morgan fingerprint density at radius 3 is 2.44 bits per heavy atom. The molecule has 0 saturated carbocycles. The van der Waals surface area contributed by atoms with E-state index >= 15 is 0 Å². The highest BCUT2D eigenvalue weighted by atomic mass is 35.5. The van der Waals surface area contributed by atoms with Crippen molar-refractivity contribution in [1.82, 2.24) is 0 Å². The fourth-order valence-electron chi connectivity index (χ4n) is 1.84. The summed E-state index contributed by atoms with van der Waals surface area (Å²) in [5.74, 6) is -0.236. The molecule has 0 amide bonds. The minimum atomic E-state index is -0.236. The number of hydrogen-bond donors (Lipinski definition) is 0. The molecular weight excluding hydrogens is 223 g/mol. The fraction of sp³-hybridized carbons (Fsp3) is 0.143. The summed E-state index contributed by atoms with van der Waals surface area (Å²) in [5.41, 5.74) is 3.86. The molecule has 2 aromatic rings. The molecule has 0 unspecified atom stereocenters. The summed E-state index contributed by atoms with van der Waals surface area (Å²) in [7, 11) is 0. The number of aryl methyl sites for hydroxylation is 2. The average Bonchev–Trinajstić information content (AvgIpc) is 2.23. The average molecular weight is 235 g/mol. The van der Waals surface area contributed by atoms with Crippen molar-refractivity contribution in [3.63, 3.8) is 0 Å². The normalized spacial score (nSPS) is 10.5. The van der Waals surface area contributed by atoms with Gasteiger partial charge in [-0.15, -0.1) is 0 Å². The topological polar surface area (TPSA) is 0 Å². The van der Waals surface area contributed by atoms with E-state index in [1.165, 1.54) is 12.1 Å². The summed E-state index contributed by atoms with van der Waals surface area (Å²) in [6.07, 6.45) is 0. The predicted octanol–water partition coefficient (Wildman–Crippen LogP) is 4.76. The summed E-state index contributed by atoms with van der Waals surface area (Å²) in [6.45, 7) is 3.93. The van der Waals surface area contributed by atoms with Crippen LogP contribution in [0.5, 0.6) is 0 Å². The monoisotopic (exact) mass is 234 g/mol. The van der Waals surface area contributed by atoms with E-state index in [0.717, 1.165) is 22.3 Å². The first-order valence-corrected chi connectivity index (χ1v) is 5.49. The van der Waals surface area contributed by atoms with Crippen LogP contribution in [0.15, 0.2) is 36.4 Å². The number of benzene rings is 2. The zero-order valence-corrected chi connectivity index (χ0v) is 9.98. The van der Waals surface area contributed by atoms with Crippen LogP contribution in [0.3, 0.4) is 0 Å². The Labute approximate surface area is 99.7 Å². The molecule has 0 nitrogen and oxygen atoms in total. The second-order valence-corrected chi connectivity index (χ2v) is 4.30. The first kappa shape index (κ1) is 11.2. The minimum Gasteiger partial charge on any atom is -0.207 e. The van der Waals surface area contributed by atoms with Gasteiger partial charge in [-0.25, -0.2) is 4.39 Å². The fourth-order valence-corrected chi connectivity index (χ4v) is 2.16. The third kappa shape index (κ3) is 1.96. The molecule has 16 heavy (non-hydrogen) atoms. The molecule has 0 aliphatic heterocycles. The van der Waals surface area contributed by atoms with E-state index in [2.05, 4.69) is 0 Å². The molecule has 0 heterocycles. The lowest BCUT2D eigenvalue weighted by molar-refractivity contribution is 0.628. The zero-order valence-electron chi connectivity index (χ0n) is 9.22. The lowest BCUT2D eigenvalue weighted by Gasteiger charge is -2.11. The summed E-state index contributed by atoms with van der Waals surface area (Å²) in [5, 5.41) is 0.661. The van der Waals surface area contributed by atoms with Crippen molar-refractivity contribution >= 4 is 11.6 Å². The van der Waals surface area contributed by atoms with Gasteiger partial charge < -0.3 is 0 Å². The molecule has 0 aliphatic carbocycles. The number of halogens is 2. The Hall–Kier alpha value is -1.34. The molecule has 0 N–H and O–H groups in total. The molecule has 2 heteroatoms. The highest BCUT2D eigenvalue weighted by Crippen LogP contribution is 2.33. The SMILES string of the molecule is Cc1ccc(F)cc1-c1c(C)cccc1Cl. The second-order valence-electron chi connectivity index (χ2n) is 3.89. The Morgan fingerprint density at radius 1 is 1.00 bits per heavy atom. The molecular formula is C14H12ClF. The molecule has 0 fully saturated rings. The van der Waals surface area contributed by atoms with Gasteiger partial charge in [-0.2, -0.15) is 0 Å². The van der Waals surface area contributed by atoms with Gasteiger partial charge in [0.25, 0.3) is 0 Å². The van der Waals surface area contributed by atoms with Crippen LogP contribution in [0.1, 0.15) is 11.1 Å². The Kier molecular flexibility index (Phi) is 2.97. The van der Waals surface area contributed by atoms with Crippen LogP contribution in [-0.4, -0.2) is 0 Å². The minimum absolute atomic E-state index is 0.236. The van der Waals surface area contributed by atoms with Crippen molar-refractivity contribution in [2.24, 2.45) is 0 Å². The van der Waals surface area contributed by atoms with Crippen molar-refractivity contribution in [3.8, 4) is 11.1 Å². The van der Waals surface area contributed by atoms with E-state index in [-0.39, 0.29) is 5.82 Å². The molecule has 0 bridgehead atoms. The maximum atomic E-state index is 13.3. The van der Waals surface area contributed by atoms with Gasteiger partial charge in [-0.1, -0.05) is 29.8 Å². The Bertz CT molecular complexity index is 512. The van der Waals surface area contributed by atoms with Crippen molar-refractivity contribution in [2.75, 3.05) is 0 Å². The molecule has 0 spiro atoms. The summed E-state index contributed by atoms with van der Waals surface area (Å²) >= 11 is 6.17. The van der Waals surface area contributed by atoms with Crippen LogP contribution in [0.4, 0.5) is 4.39 Å². The second kappa shape index (κ2) is 4.26. The Morgan fingerprint density at radius 2 is 1.75 bits per heavy atom. The number of rotatable bonds is 1. The molecule has 2 aromatic carbocycles. The Balaban J connectivity index is 2.72. The summed E-state index contributed by atoms with van der Waals surface area (Å²) < 4.78 is 13.3. The van der Waals surface area contributed by atoms with Gasteiger partial charge in [0, 0.05) is 10.6 Å². The van der Waals surface area contributed by atoms with Gasteiger partial charge in [-0.3, -0.25) is 0 Å². The quantitative estimate of drug-likeness (QED) is 0.667. The maximum absolute atomic E-state index is 13.3. The van der Waals surface area contributed by atoms with Gasteiger partial charge in [-0.05, 0) is 48.7 Å². The van der Waals surface area contributed by atoms with Crippen LogP contribution in [0.2, 0.25) is 5.02 Å². The predicted molar refractivity (Wildman–Crippen MR) is 66.3 cm³/mol. The highest BCUT2D eigenvalue weighted by Gasteiger charge is 2.09. The highest BCUT2D eigenvalue weighted by molar-refractivity contribution is 6.33. The van der Waals surface area contributed by atoms with Gasteiger partial charge in [0.2, 0.25) is 0 Å². The molecule has 0 aromatic heterocycles. The van der Waals surface area contributed by atoms with E-state index in [1.54, 1.807) is 6.07 Å². The zero-order chi connectivity index (χ0) is 11.7. The van der Waals surface area contributed by atoms with E-state index in [1.807, 2.05) is 32.0 Å². The summed E-state index contributed by atoms with van der Waals surface area (Å²) in [6, 6.07) is 10.5. The third-order valence-electron chi connectivity index (χ3n) is 2.69. The maximum Gasteiger partial charge on any atom is 0.123 e. The van der Waals surface area contributed by atoms with Crippen LogP contribution in [-0.2, 0) is 0 Å². The largest absolute Gasteiger partial charge is 0.207 e. The van der Waals surface area contributed by atoms with Gasteiger partial charge in [0.05, 0.1) is 0 Å². The smallest absolute Gasteiger partial charge is 0.123 e. The lowest BCUT2D eigenvalue weighted by Crippen LogP contribution is -1.89. The van der Waals surface area contributed by atoms with Gasteiger partial charge in [0.1, 0.15) is 5.82 Å². The van der Waals surface area contributed by atoms with Crippen molar-refractivity contribution in [3.05, 3.63) is 58.4 Å². The van der Waals surface area contributed by atoms with Crippen molar-refractivity contribution in [1.29, 1.82) is 0 Å². The molecule has 82 valence electrons. The van der Waals surface area contributed by atoms with E-state index in [9.17, 15) is 4.39 Å². The van der Waals surface area contributed by atoms with Crippen LogP contribution in [0.25, 0.3) is 11.1 Å². The van der Waals surface area contributed by atoms with Crippen LogP contribution < -0.4 is 0 Å². The first-order valence-electron chi connectivity index (χ1n) is 5.11. The van der Waals surface area contributed by atoms with Crippen LogP contribution >= 0.6 is 11.6 Å². The van der Waals surface area contributed by atoms with Gasteiger partial charge in [0.15, 0.2) is 0 Å². The van der Waals surface area contributed by atoms with Crippen molar-refractivity contribution in [2.45, 2.75) is 13.8 Å². The third-order valence-corrected chi connectivity index (χ3v) is 3.01. The van der Waals surface area contributed by atoms with Crippen LogP contribution in [0, 0.1) is 19.7 Å². The summed E-state index contributed by atoms with van der Waals surface area (Å²) in [4.78, 5) is 0. The van der Waals surface area contributed by atoms with E-state index < -0.39 is 0 Å². The van der Waals surface area contributed by atoms with E-state index in [0.29, 0.717) is 5.02 Å². The standard InChI is InChI=1S/C14H12ClF/c1-9-6-7-11(16)8-12(9)14-10(2)4-3-5-13(14)15/h3-8H,1-2H3. The van der Waals surface area contributed by atoms with Gasteiger partial charge >= 0.3 is 0 Å². The van der Waals surface area contributed by atoms with E-state index in [4.69, 9.17) is 11.6 Å². The molecule has 0 radical (unpaired) electrons. The number of hydrogen-bond acceptors (Lipinski definition) is 0. The molecule has 0 atom stereocenters. The first-order chi connectivity index (χ1) is 7.59. The molecule has 2 rings (SSSR count). The molecule has 0 saturated heterocycles. The molecule has 0 aliphatic rings.